The van der Waals surface area contributed by atoms with Crippen molar-refractivity contribution in [2.75, 3.05) is 0 Å². The first kappa shape index (κ1) is 17.6. The Morgan fingerprint density at radius 2 is 1.96 bits per heavy atom. The number of hydrogen-bond donors (Lipinski definition) is 2. The number of nitrogens with one attached hydrogen (secondary N) is 1. The van der Waals surface area contributed by atoms with Gasteiger partial charge in [0.2, 0.25) is 0 Å². The third kappa shape index (κ3) is 3.56. The molecule has 2 N–H and O–H groups in total. The molecule has 26 heavy (non-hydrogen) atoms. The van der Waals surface area contributed by atoms with Gasteiger partial charge in [0.25, 0.3) is 0 Å². The van der Waals surface area contributed by atoms with Crippen molar-refractivity contribution in [1.82, 2.24) is 15.4 Å². The summed E-state index contributed by atoms with van der Waals surface area (Å²) < 4.78 is 5.24. The highest BCUT2D eigenvalue weighted by Crippen LogP contribution is 2.29. The van der Waals surface area contributed by atoms with Gasteiger partial charge in [0.05, 0.1) is 5.52 Å². The second-order valence-electron chi connectivity index (χ2n) is 6.24. The van der Waals surface area contributed by atoms with Gasteiger partial charge in [0, 0.05) is 5.92 Å². The van der Waals surface area contributed by atoms with Gasteiger partial charge >= 0.3 is 11.9 Å². The largest absolute Gasteiger partial charge is 0.481 e. The summed E-state index contributed by atoms with van der Waals surface area (Å²) in [5.74, 6) is -3.85. The molecule has 2 aromatic carbocycles. The van der Waals surface area contributed by atoms with Crippen LogP contribution >= 0.6 is 0 Å². The predicted octanol–water partition coefficient (Wildman–Crippen LogP) is 2.81. The topological polar surface area (TPSA) is 105 Å². The van der Waals surface area contributed by atoms with Crippen LogP contribution in [0, 0.1) is 12.8 Å². The van der Waals surface area contributed by atoms with Crippen molar-refractivity contribution in [2.24, 2.45) is 5.92 Å². The van der Waals surface area contributed by atoms with Crippen LogP contribution in [0.2, 0.25) is 0 Å². The van der Waals surface area contributed by atoms with Gasteiger partial charge in [-0.15, -0.1) is 5.10 Å². The van der Waals surface area contributed by atoms with Gasteiger partial charge in [-0.05, 0) is 29.7 Å². The fourth-order valence-corrected chi connectivity index (χ4v) is 2.94. The Labute approximate surface area is 150 Å². The van der Waals surface area contributed by atoms with E-state index in [9.17, 15) is 14.7 Å². The number of carboxylic acid groups (broad SMARTS) is 1. The van der Waals surface area contributed by atoms with Crippen LogP contribution in [0.4, 0.5) is 0 Å². The number of aliphatic carboxylic acids is 1. The summed E-state index contributed by atoms with van der Waals surface area (Å²) in [6.45, 7) is 3.61. The van der Waals surface area contributed by atoms with E-state index in [0.717, 1.165) is 16.6 Å². The zero-order valence-corrected chi connectivity index (χ0v) is 14.5. The highest BCUT2D eigenvalue weighted by Gasteiger charge is 2.35. The number of carboxylic acids is 1. The highest BCUT2D eigenvalue weighted by atomic mass is 16.5. The number of aromatic nitrogens is 3. The van der Waals surface area contributed by atoms with Crippen molar-refractivity contribution in [2.45, 2.75) is 26.4 Å². The summed E-state index contributed by atoms with van der Waals surface area (Å²) in [5, 5.41) is 20.1. The van der Waals surface area contributed by atoms with Crippen LogP contribution in [0.5, 0.6) is 0 Å². The zero-order chi connectivity index (χ0) is 18.7. The van der Waals surface area contributed by atoms with Gasteiger partial charge < -0.3 is 9.84 Å². The summed E-state index contributed by atoms with van der Waals surface area (Å²) in [4.78, 5) is 24.2. The monoisotopic (exact) mass is 353 g/mol. The standard InChI is InChI=1S/C19H19N3O4/c1-11-8-14(9-15-17(11)21-22-20-15)12(2)16(18(23)24)19(25)26-10-13-6-4-3-5-7-13/h3-9,12,16H,10H2,1-2H3,(H,23,24)(H,20,21,22). The third-order valence-electron chi connectivity index (χ3n) is 4.43. The van der Waals surface area contributed by atoms with Crippen LogP contribution in [0.15, 0.2) is 42.5 Å². The molecule has 0 spiro atoms. The molecule has 1 aromatic heterocycles. The quantitative estimate of drug-likeness (QED) is 0.521. The van der Waals surface area contributed by atoms with Crippen molar-refractivity contribution in [1.29, 1.82) is 0 Å². The second kappa shape index (κ2) is 7.35. The average Bonchev–Trinajstić information content (AvgIpc) is 3.10. The normalized spacial score (nSPS) is 13.3. The molecule has 7 nitrogen and oxygen atoms in total. The molecule has 3 rings (SSSR count). The van der Waals surface area contributed by atoms with Crippen molar-refractivity contribution < 1.29 is 19.4 Å². The van der Waals surface area contributed by atoms with Crippen molar-refractivity contribution in [3.63, 3.8) is 0 Å². The number of hydrogen-bond acceptors (Lipinski definition) is 5. The summed E-state index contributed by atoms with van der Waals surface area (Å²) in [5.41, 5.74) is 3.81. The van der Waals surface area contributed by atoms with E-state index in [2.05, 4.69) is 15.4 Å². The average molecular weight is 353 g/mol. The Balaban J connectivity index is 1.81. The summed E-state index contributed by atoms with van der Waals surface area (Å²) in [6.07, 6.45) is 0. The number of H-pyrrole nitrogens is 1. The lowest BCUT2D eigenvalue weighted by Gasteiger charge is -2.20. The Kier molecular flexibility index (Phi) is 4.97. The first-order valence-electron chi connectivity index (χ1n) is 8.22. The number of ether oxygens (including phenoxy) is 1. The van der Waals surface area contributed by atoms with Gasteiger partial charge in [-0.2, -0.15) is 0 Å². The number of benzene rings is 2. The molecule has 0 bridgehead atoms. The van der Waals surface area contributed by atoms with E-state index in [-0.39, 0.29) is 6.61 Å². The van der Waals surface area contributed by atoms with Gasteiger partial charge in [0.1, 0.15) is 12.1 Å². The smallest absolute Gasteiger partial charge is 0.321 e. The first-order chi connectivity index (χ1) is 12.5. The molecule has 0 aliphatic carbocycles. The number of rotatable bonds is 6. The Morgan fingerprint density at radius 1 is 1.23 bits per heavy atom. The van der Waals surface area contributed by atoms with Crippen LogP contribution in [-0.2, 0) is 20.9 Å². The Morgan fingerprint density at radius 3 is 2.65 bits per heavy atom. The van der Waals surface area contributed by atoms with E-state index in [1.165, 1.54) is 0 Å². The maximum Gasteiger partial charge on any atom is 0.321 e. The predicted molar refractivity (Wildman–Crippen MR) is 94.4 cm³/mol. The molecule has 134 valence electrons. The highest BCUT2D eigenvalue weighted by molar-refractivity contribution is 5.95. The zero-order valence-electron chi connectivity index (χ0n) is 14.5. The lowest BCUT2D eigenvalue weighted by Crippen LogP contribution is -2.30. The summed E-state index contributed by atoms with van der Waals surface area (Å²) in [7, 11) is 0. The molecular formula is C19H19N3O4. The van der Waals surface area contributed by atoms with Crippen LogP contribution in [0.3, 0.4) is 0 Å². The molecule has 2 unspecified atom stereocenters. The molecule has 0 radical (unpaired) electrons. The van der Waals surface area contributed by atoms with E-state index < -0.39 is 23.8 Å². The maximum absolute atomic E-state index is 12.4. The molecule has 0 saturated carbocycles. The molecule has 3 aromatic rings. The van der Waals surface area contributed by atoms with Gasteiger partial charge in [-0.3, -0.25) is 14.7 Å². The third-order valence-corrected chi connectivity index (χ3v) is 4.43. The van der Waals surface area contributed by atoms with Crippen LogP contribution in [0.25, 0.3) is 11.0 Å². The fraction of sp³-hybridized carbons (Fsp3) is 0.263. The number of nitrogens with zero attached hydrogens (tertiary/aromatic N) is 2. The minimum absolute atomic E-state index is 0.0392. The number of esters is 1. The maximum atomic E-state index is 12.4. The number of aromatic amines is 1. The summed E-state index contributed by atoms with van der Waals surface area (Å²) >= 11 is 0. The SMILES string of the molecule is Cc1cc(C(C)C(C(=O)O)C(=O)OCc2ccccc2)cc2nn[nH]c12. The van der Waals surface area contributed by atoms with Crippen LogP contribution < -0.4 is 0 Å². The number of aryl methyl sites for hydroxylation is 1. The van der Waals surface area contributed by atoms with Crippen LogP contribution in [-0.4, -0.2) is 32.5 Å². The lowest BCUT2D eigenvalue weighted by atomic mass is 9.86. The molecule has 0 aliphatic rings. The number of carbonyl (C=O) groups is 2. The number of carbonyl (C=O) groups excluding carboxylic acids is 1. The molecule has 0 fully saturated rings. The molecule has 0 saturated heterocycles. The van der Waals surface area contributed by atoms with E-state index >= 15 is 0 Å². The van der Waals surface area contributed by atoms with Crippen molar-refractivity contribution in [3.05, 3.63) is 59.2 Å². The van der Waals surface area contributed by atoms with Gasteiger partial charge in [-0.25, -0.2) is 0 Å². The van der Waals surface area contributed by atoms with E-state index in [4.69, 9.17) is 4.74 Å². The van der Waals surface area contributed by atoms with E-state index in [0.29, 0.717) is 11.1 Å². The van der Waals surface area contributed by atoms with Crippen molar-refractivity contribution in [3.8, 4) is 0 Å². The minimum atomic E-state index is -1.30. The molecule has 1 heterocycles. The van der Waals surface area contributed by atoms with E-state index in [1.807, 2.05) is 43.3 Å². The molecule has 7 heteroatoms. The second-order valence-corrected chi connectivity index (χ2v) is 6.24. The molecular weight excluding hydrogens is 334 g/mol. The van der Waals surface area contributed by atoms with Gasteiger partial charge in [-0.1, -0.05) is 48.5 Å². The van der Waals surface area contributed by atoms with E-state index in [1.54, 1.807) is 13.0 Å². The minimum Gasteiger partial charge on any atom is -0.481 e. The first-order valence-corrected chi connectivity index (χ1v) is 8.22. The Hall–Kier alpha value is -3.22. The fourth-order valence-electron chi connectivity index (χ4n) is 2.94. The van der Waals surface area contributed by atoms with Crippen LogP contribution in [0.1, 0.15) is 29.5 Å². The lowest BCUT2D eigenvalue weighted by molar-refractivity contribution is -0.160. The number of fused-ring (bicyclic) bond motifs is 1. The van der Waals surface area contributed by atoms with Gasteiger partial charge in [0.15, 0.2) is 5.92 Å². The molecule has 0 aliphatic heterocycles. The Bertz CT molecular complexity index is 936. The summed E-state index contributed by atoms with van der Waals surface area (Å²) in [6, 6.07) is 12.7. The molecule has 0 amide bonds. The molecule has 2 atom stereocenters. The van der Waals surface area contributed by atoms with Crippen molar-refractivity contribution >= 4 is 23.0 Å².